The zero-order valence-electron chi connectivity index (χ0n) is 37.8. The van der Waals surface area contributed by atoms with Gasteiger partial charge in [-0.3, -0.25) is 0 Å². The first-order valence-electron chi connectivity index (χ1n) is 23.7. The highest BCUT2D eigenvalue weighted by Gasteiger charge is 2.22. The molecule has 0 bridgehead atoms. The van der Waals surface area contributed by atoms with Crippen LogP contribution in [0.3, 0.4) is 0 Å². The Kier molecular flexibility index (Phi) is 9.36. The minimum Gasteiger partial charge on any atom is -0.309 e. The third-order valence-electron chi connectivity index (χ3n) is 13.8. The summed E-state index contributed by atoms with van der Waals surface area (Å²) in [7, 11) is 0. The summed E-state index contributed by atoms with van der Waals surface area (Å²) < 4.78 is 5.00. The van der Waals surface area contributed by atoms with E-state index in [0.717, 1.165) is 66.8 Å². The van der Waals surface area contributed by atoms with Gasteiger partial charge in [0.1, 0.15) is 0 Å². The molecule has 0 radical (unpaired) electrons. The smallest absolute Gasteiger partial charge is 0.164 e. The molecule has 0 atom stereocenters. The van der Waals surface area contributed by atoms with Gasteiger partial charge in [0.25, 0.3) is 0 Å². The first-order chi connectivity index (χ1) is 34.7. The van der Waals surface area contributed by atoms with Crippen molar-refractivity contribution in [1.29, 1.82) is 0 Å². The number of aromatic nitrogens is 4. The van der Waals surface area contributed by atoms with Gasteiger partial charge >= 0.3 is 0 Å². The predicted molar refractivity (Wildman–Crippen MR) is 295 cm³/mol. The molecule has 14 rings (SSSR count). The number of thiophene rings is 1. The lowest BCUT2D eigenvalue weighted by Gasteiger charge is -2.17. The Balaban J connectivity index is 1.03. The molecule has 0 saturated carbocycles. The lowest BCUT2D eigenvalue weighted by molar-refractivity contribution is 1.07. The van der Waals surface area contributed by atoms with E-state index in [1.807, 2.05) is 23.5 Å². The molecule has 3 heterocycles. The van der Waals surface area contributed by atoms with E-state index in [9.17, 15) is 0 Å². The average molecular weight is 909 g/mol. The summed E-state index contributed by atoms with van der Waals surface area (Å²) in [6.45, 7) is 0. The minimum atomic E-state index is 0.605. The molecule has 0 saturated heterocycles. The maximum absolute atomic E-state index is 5.34. The maximum atomic E-state index is 5.34. The molecular weight excluding hydrogens is 869 g/mol. The van der Waals surface area contributed by atoms with E-state index in [0.29, 0.717) is 17.5 Å². The fourth-order valence-corrected chi connectivity index (χ4v) is 11.6. The first kappa shape index (κ1) is 40.1. The van der Waals surface area contributed by atoms with Crippen molar-refractivity contribution in [3.63, 3.8) is 0 Å². The summed E-state index contributed by atoms with van der Waals surface area (Å²) in [5, 5.41) is 9.84. The highest BCUT2D eigenvalue weighted by Crippen LogP contribution is 2.46. The summed E-state index contributed by atoms with van der Waals surface area (Å²) in [6, 6.07) is 87.1. The molecule has 5 heteroatoms. The topological polar surface area (TPSA) is 43.6 Å². The molecule has 0 aliphatic rings. The molecule has 326 valence electrons. The fraction of sp³-hybridized carbons (Fsp3) is 0. The van der Waals surface area contributed by atoms with Crippen molar-refractivity contribution in [2.75, 3.05) is 0 Å². The van der Waals surface area contributed by atoms with Crippen molar-refractivity contribution in [2.45, 2.75) is 0 Å². The largest absolute Gasteiger partial charge is 0.309 e. The average Bonchev–Trinajstić information content (AvgIpc) is 3.98. The Labute approximate surface area is 408 Å². The molecule has 3 aromatic heterocycles. The lowest BCUT2D eigenvalue weighted by atomic mass is 9.95. The van der Waals surface area contributed by atoms with Crippen LogP contribution in [0.4, 0.5) is 0 Å². The lowest BCUT2D eigenvalue weighted by Crippen LogP contribution is -2.02. The standard InChI is InChI=1S/C65H40N4S/c1-3-14-41(15-4-1)43-26-30-46(31-27-43)63-66-64(47-32-28-44(29-33-47)42-16-5-2-6-17-42)68-65(67-63)50-35-36-56(54(39-50)52-23-13-25-60-62(52)53-22-11-12-24-59(53)70-60)69-57-37-34-45-18-9-10-21-51(45)61(57)55-38-48-19-7-8-20-49(48)40-58(55)69/h1-40H. The van der Waals surface area contributed by atoms with E-state index in [2.05, 4.69) is 235 Å². The number of hydrogen-bond acceptors (Lipinski definition) is 4. The van der Waals surface area contributed by atoms with E-state index in [4.69, 9.17) is 15.0 Å². The van der Waals surface area contributed by atoms with E-state index >= 15 is 0 Å². The number of rotatable bonds is 7. The summed E-state index contributed by atoms with van der Waals surface area (Å²) in [4.78, 5) is 15.9. The van der Waals surface area contributed by atoms with Crippen molar-refractivity contribution in [3.05, 3.63) is 243 Å². The van der Waals surface area contributed by atoms with Crippen LogP contribution in [0.1, 0.15) is 0 Å². The van der Waals surface area contributed by atoms with Gasteiger partial charge in [0.2, 0.25) is 0 Å². The third kappa shape index (κ3) is 6.70. The van der Waals surface area contributed by atoms with Crippen molar-refractivity contribution >= 4 is 74.9 Å². The highest BCUT2D eigenvalue weighted by molar-refractivity contribution is 7.25. The Morgan fingerprint density at radius 3 is 1.47 bits per heavy atom. The Morgan fingerprint density at radius 1 is 0.286 bits per heavy atom. The molecule has 0 fully saturated rings. The summed E-state index contributed by atoms with van der Waals surface area (Å²) in [5.74, 6) is 1.84. The molecule has 70 heavy (non-hydrogen) atoms. The van der Waals surface area contributed by atoms with E-state index in [1.165, 1.54) is 52.5 Å². The van der Waals surface area contributed by atoms with Gasteiger partial charge in [0, 0.05) is 53.2 Å². The van der Waals surface area contributed by atoms with Crippen molar-refractivity contribution in [2.24, 2.45) is 0 Å². The van der Waals surface area contributed by atoms with Crippen LogP contribution in [0.15, 0.2) is 243 Å². The Morgan fingerprint density at radius 2 is 0.800 bits per heavy atom. The first-order valence-corrected chi connectivity index (χ1v) is 24.5. The normalized spacial score (nSPS) is 11.7. The number of benzene rings is 11. The zero-order valence-corrected chi connectivity index (χ0v) is 38.6. The second-order valence-corrected chi connectivity index (χ2v) is 19.0. The van der Waals surface area contributed by atoms with Gasteiger partial charge in [-0.05, 0) is 97.9 Å². The van der Waals surface area contributed by atoms with Gasteiger partial charge in [-0.1, -0.05) is 194 Å². The summed E-state index contributed by atoms with van der Waals surface area (Å²) in [5.41, 5.74) is 13.0. The van der Waals surface area contributed by atoms with Crippen LogP contribution >= 0.6 is 11.3 Å². The molecule has 4 nitrogen and oxygen atoms in total. The van der Waals surface area contributed by atoms with Crippen LogP contribution in [-0.2, 0) is 0 Å². The molecule has 11 aromatic carbocycles. The van der Waals surface area contributed by atoms with Gasteiger partial charge in [0.05, 0.1) is 16.7 Å². The van der Waals surface area contributed by atoms with Gasteiger partial charge in [-0.15, -0.1) is 11.3 Å². The van der Waals surface area contributed by atoms with Gasteiger partial charge < -0.3 is 4.57 Å². The van der Waals surface area contributed by atoms with Crippen LogP contribution in [0.25, 0.3) is 137 Å². The maximum Gasteiger partial charge on any atom is 0.164 e. The monoisotopic (exact) mass is 908 g/mol. The zero-order chi connectivity index (χ0) is 46.1. The van der Waals surface area contributed by atoms with E-state index in [-0.39, 0.29) is 0 Å². The molecule has 0 aliphatic carbocycles. The second-order valence-electron chi connectivity index (χ2n) is 17.9. The summed E-state index contributed by atoms with van der Waals surface area (Å²) in [6.07, 6.45) is 0. The highest BCUT2D eigenvalue weighted by atomic mass is 32.1. The van der Waals surface area contributed by atoms with E-state index < -0.39 is 0 Å². The fourth-order valence-electron chi connectivity index (χ4n) is 10.5. The van der Waals surface area contributed by atoms with Crippen LogP contribution in [-0.4, -0.2) is 19.5 Å². The molecule has 0 unspecified atom stereocenters. The third-order valence-corrected chi connectivity index (χ3v) is 15.0. The van der Waals surface area contributed by atoms with Crippen LogP contribution in [0.2, 0.25) is 0 Å². The van der Waals surface area contributed by atoms with Gasteiger partial charge in [-0.2, -0.15) is 0 Å². The Bertz CT molecular complexity index is 4220. The molecule has 0 N–H and O–H groups in total. The van der Waals surface area contributed by atoms with Crippen LogP contribution in [0, 0.1) is 0 Å². The molecule has 0 aliphatic heterocycles. The van der Waals surface area contributed by atoms with E-state index in [1.54, 1.807) is 0 Å². The van der Waals surface area contributed by atoms with Crippen molar-refractivity contribution < 1.29 is 0 Å². The number of hydrogen-bond donors (Lipinski definition) is 0. The predicted octanol–water partition coefficient (Wildman–Crippen LogP) is 17.6. The minimum absolute atomic E-state index is 0.605. The SMILES string of the molecule is c1ccc(-c2ccc(-c3nc(-c4ccc(-c5ccccc5)cc4)nc(-c4ccc(-n5c6cc7ccccc7cc6c6c7ccccc7ccc65)c(-c5cccc6sc7ccccc7c56)c4)n3)cc2)cc1. The molecular formula is C65H40N4S. The molecule has 0 spiro atoms. The second kappa shape index (κ2) is 16.3. The molecule has 0 amide bonds. The Hall–Kier alpha value is -9.03. The van der Waals surface area contributed by atoms with Crippen molar-refractivity contribution in [3.8, 4) is 73.2 Å². The number of fused-ring (bicyclic) bond motifs is 9. The summed E-state index contributed by atoms with van der Waals surface area (Å²) >= 11 is 1.84. The van der Waals surface area contributed by atoms with Crippen LogP contribution < -0.4 is 0 Å². The van der Waals surface area contributed by atoms with Gasteiger partial charge in [0.15, 0.2) is 17.5 Å². The van der Waals surface area contributed by atoms with Crippen LogP contribution in [0.5, 0.6) is 0 Å². The van der Waals surface area contributed by atoms with Crippen molar-refractivity contribution in [1.82, 2.24) is 19.5 Å². The quantitative estimate of drug-likeness (QED) is 0.160. The molecule has 14 aromatic rings. The number of nitrogens with zero attached hydrogens (tertiary/aromatic N) is 4. The van der Waals surface area contributed by atoms with Gasteiger partial charge in [-0.25, -0.2) is 15.0 Å².